The van der Waals surface area contributed by atoms with Crippen molar-refractivity contribution in [2.45, 2.75) is 12.0 Å². The Labute approximate surface area is 125 Å². The highest BCUT2D eigenvalue weighted by atomic mass is 19.1. The van der Waals surface area contributed by atoms with Crippen LogP contribution in [-0.4, -0.2) is 38.6 Å². The standard InChI is InChI=1S/C15H14FN5O/c16-11-3-1-2-10-12(4-6-17-14(10)11)21-7-5-15(22,9-21)13-8-18-20-19-13/h1-4,6,8,22H,5,7,9H2,(H,18,19,20)/t15-/m0/s1. The topological polar surface area (TPSA) is 77.9 Å². The molecule has 2 N–H and O–H groups in total. The summed E-state index contributed by atoms with van der Waals surface area (Å²) in [6, 6.07) is 6.75. The second kappa shape index (κ2) is 4.74. The van der Waals surface area contributed by atoms with Gasteiger partial charge in [-0.15, -0.1) is 0 Å². The average molecular weight is 299 g/mol. The Morgan fingerprint density at radius 3 is 3.05 bits per heavy atom. The normalized spacial score (nSPS) is 21.6. The molecule has 112 valence electrons. The lowest BCUT2D eigenvalue weighted by Crippen LogP contribution is -2.31. The van der Waals surface area contributed by atoms with E-state index in [2.05, 4.69) is 20.4 Å². The molecule has 4 rings (SSSR count). The molecule has 1 saturated heterocycles. The molecule has 0 bridgehead atoms. The van der Waals surface area contributed by atoms with Crippen LogP contribution in [0.15, 0.2) is 36.7 Å². The quantitative estimate of drug-likeness (QED) is 0.751. The van der Waals surface area contributed by atoms with Gasteiger partial charge in [-0.2, -0.15) is 15.4 Å². The predicted octanol–water partition coefficient (Wildman–Crippen LogP) is 1.59. The lowest BCUT2D eigenvalue weighted by Gasteiger charge is -2.23. The number of para-hydroxylation sites is 1. The van der Waals surface area contributed by atoms with Crippen molar-refractivity contribution in [3.8, 4) is 0 Å². The van der Waals surface area contributed by atoms with Crippen LogP contribution in [0.5, 0.6) is 0 Å². The Morgan fingerprint density at radius 2 is 2.23 bits per heavy atom. The van der Waals surface area contributed by atoms with Crippen LogP contribution in [0.25, 0.3) is 10.9 Å². The molecule has 0 aliphatic carbocycles. The molecule has 1 aliphatic heterocycles. The Kier molecular flexibility index (Phi) is 2.83. The van der Waals surface area contributed by atoms with Crippen molar-refractivity contribution in [3.05, 3.63) is 48.2 Å². The maximum Gasteiger partial charge on any atom is 0.149 e. The number of pyridine rings is 1. The summed E-state index contributed by atoms with van der Waals surface area (Å²) in [6.07, 6.45) is 3.67. The zero-order chi connectivity index (χ0) is 15.2. The van der Waals surface area contributed by atoms with Crippen LogP contribution in [-0.2, 0) is 5.60 Å². The van der Waals surface area contributed by atoms with E-state index in [1.807, 2.05) is 17.0 Å². The first kappa shape index (κ1) is 13.1. The van der Waals surface area contributed by atoms with Crippen molar-refractivity contribution >= 4 is 16.6 Å². The number of fused-ring (bicyclic) bond motifs is 1. The van der Waals surface area contributed by atoms with Crippen LogP contribution < -0.4 is 4.90 Å². The number of benzene rings is 1. The fourth-order valence-electron chi connectivity index (χ4n) is 3.04. The van der Waals surface area contributed by atoms with Gasteiger partial charge >= 0.3 is 0 Å². The molecule has 6 nitrogen and oxygen atoms in total. The molecule has 7 heteroatoms. The lowest BCUT2D eigenvalue weighted by molar-refractivity contribution is 0.0560. The molecule has 1 aromatic carbocycles. The van der Waals surface area contributed by atoms with Gasteiger partial charge in [0.2, 0.25) is 0 Å². The summed E-state index contributed by atoms with van der Waals surface area (Å²) in [5, 5.41) is 21.8. The van der Waals surface area contributed by atoms with E-state index < -0.39 is 5.60 Å². The Hall–Kier alpha value is -2.54. The van der Waals surface area contributed by atoms with E-state index in [1.54, 1.807) is 12.3 Å². The highest BCUT2D eigenvalue weighted by Crippen LogP contribution is 2.36. The minimum Gasteiger partial charge on any atom is -0.381 e. The molecule has 3 heterocycles. The van der Waals surface area contributed by atoms with Gasteiger partial charge in [0.05, 0.1) is 12.7 Å². The molecule has 0 amide bonds. The summed E-state index contributed by atoms with van der Waals surface area (Å²) in [6.45, 7) is 1.04. The van der Waals surface area contributed by atoms with Crippen LogP contribution in [0, 0.1) is 5.82 Å². The first-order chi connectivity index (χ1) is 10.7. The molecule has 0 saturated carbocycles. The molecule has 1 fully saturated rings. The number of hydrogen-bond acceptors (Lipinski definition) is 5. The molecular formula is C15H14FN5O. The maximum atomic E-state index is 13.9. The van der Waals surface area contributed by atoms with Gasteiger partial charge < -0.3 is 10.0 Å². The van der Waals surface area contributed by atoms with Crippen molar-refractivity contribution in [2.75, 3.05) is 18.0 Å². The fourth-order valence-corrected chi connectivity index (χ4v) is 3.04. The van der Waals surface area contributed by atoms with Gasteiger partial charge in [-0.1, -0.05) is 12.1 Å². The van der Waals surface area contributed by atoms with Gasteiger partial charge in [-0.05, 0) is 12.1 Å². The summed E-state index contributed by atoms with van der Waals surface area (Å²) in [5.74, 6) is -0.342. The van der Waals surface area contributed by atoms with E-state index in [-0.39, 0.29) is 5.82 Å². The molecule has 0 unspecified atom stereocenters. The minimum absolute atomic E-state index is 0.342. The smallest absolute Gasteiger partial charge is 0.149 e. The second-order valence-electron chi connectivity index (χ2n) is 5.52. The van der Waals surface area contributed by atoms with Crippen molar-refractivity contribution in [2.24, 2.45) is 0 Å². The number of H-pyrrole nitrogens is 1. The van der Waals surface area contributed by atoms with E-state index in [4.69, 9.17) is 0 Å². The molecule has 1 aliphatic rings. The number of hydrogen-bond donors (Lipinski definition) is 2. The number of halogens is 1. The molecule has 1 atom stereocenters. The largest absolute Gasteiger partial charge is 0.381 e. The van der Waals surface area contributed by atoms with Crippen molar-refractivity contribution < 1.29 is 9.50 Å². The highest BCUT2D eigenvalue weighted by Gasteiger charge is 2.40. The Morgan fingerprint density at radius 1 is 1.32 bits per heavy atom. The number of aromatic nitrogens is 4. The molecular weight excluding hydrogens is 285 g/mol. The number of β-amino-alcohol motifs (C(OH)–C–C–N with tert-alkyl or cyclic N) is 1. The number of nitrogens with one attached hydrogen (secondary N) is 1. The van der Waals surface area contributed by atoms with E-state index in [0.29, 0.717) is 30.7 Å². The van der Waals surface area contributed by atoms with Crippen molar-refractivity contribution in [3.63, 3.8) is 0 Å². The van der Waals surface area contributed by atoms with Crippen LogP contribution >= 0.6 is 0 Å². The van der Waals surface area contributed by atoms with Gasteiger partial charge in [-0.25, -0.2) is 4.39 Å². The highest BCUT2D eigenvalue weighted by molar-refractivity contribution is 5.92. The van der Waals surface area contributed by atoms with Crippen LogP contribution in [0.1, 0.15) is 12.1 Å². The van der Waals surface area contributed by atoms with E-state index >= 15 is 0 Å². The fraction of sp³-hybridized carbons (Fsp3) is 0.267. The van der Waals surface area contributed by atoms with Gasteiger partial charge in [0.15, 0.2) is 0 Å². The van der Waals surface area contributed by atoms with Gasteiger partial charge in [0, 0.05) is 30.2 Å². The molecule has 0 radical (unpaired) electrons. The van der Waals surface area contributed by atoms with Crippen molar-refractivity contribution in [1.29, 1.82) is 0 Å². The van der Waals surface area contributed by atoms with Gasteiger partial charge in [0.25, 0.3) is 0 Å². The third-order valence-corrected chi connectivity index (χ3v) is 4.18. The summed E-state index contributed by atoms with van der Waals surface area (Å²) in [4.78, 5) is 6.13. The van der Waals surface area contributed by atoms with E-state index in [1.165, 1.54) is 12.3 Å². The summed E-state index contributed by atoms with van der Waals surface area (Å²) in [5.41, 5.74) is 0.691. The number of nitrogens with zero attached hydrogens (tertiary/aromatic N) is 4. The molecule has 3 aromatic rings. The third kappa shape index (κ3) is 1.93. The summed E-state index contributed by atoms with van der Waals surface area (Å²) in [7, 11) is 0. The number of rotatable bonds is 2. The number of aromatic amines is 1. The summed E-state index contributed by atoms with van der Waals surface area (Å²) >= 11 is 0. The number of aliphatic hydroxyl groups is 1. The average Bonchev–Trinajstić information content (AvgIpc) is 3.18. The monoisotopic (exact) mass is 299 g/mol. The molecule has 0 spiro atoms. The van der Waals surface area contributed by atoms with Crippen molar-refractivity contribution in [1.82, 2.24) is 20.4 Å². The van der Waals surface area contributed by atoms with Gasteiger partial charge in [-0.3, -0.25) is 4.98 Å². The predicted molar refractivity (Wildman–Crippen MR) is 78.8 cm³/mol. The zero-order valence-electron chi connectivity index (χ0n) is 11.7. The lowest BCUT2D eigenvalue weighted by atomic mass is 10.00. The summed E-state index contributed by atoms with van der Waals surface area (Å²) < 4.78 is 13.9. The third-order valence-electron chi connectivity index (χ3n) is 4.18. The zero-order valence-corrected chi connectivity index (χ0v) is 11.7. The minimum atomic E-state index is -1.05. The Balaban J connectivity index is 1.74. The SMILES string of the molecule is O[C@@]1(c2cn[nH]n2)CCN(c2ccnc3c(F)cccc23)C1. The molecule has 2 aromatic heterocycles. The van der Waals surface area contributed by atoms with Crippen LogP contribution in [0.3, 0.4) is 0 Å². The van der Waals surface area contributed by atoms with Gasteiger partial charge in [0.1, 0.15) is 22.6 Å². The first-order valence-electron chi connectivity index (χ1n) is 7.04. The second-order valence-corrected chi connectivity index (χ2v) is 5.52. The van der Waals surface area contributed by atoms with E-state index in [0.717, 1.165) is 11.1 Å². The Bertz CT molecular complexity index is 822. The van der Waals surface area contributed by atoms with Crippen LogP contribution in [0.4, 0.5) is 10.1 Å². The van der Waals surface area contributed by atoms with E-state index in [9.17, 15) is 9.50 Å². The van der Waals surface area contributed by atoms with Crippen LogP contribution in [0.2, 0.25) is 0 Å². The first-order valence-corrected chi connectivity index (χ1v) is 7.04. The molecule has 22 heavy (non-hydrogen) atoms. The maximum absolute atomic E-state index is 13.9. The number of anilines is 1.